The number of hydrogen-bond acceptors (Lipinski definition) is 5. The van der Waals surface area contributed by atoms with E-state index in [9.17, 15) is 13.6 Å². The van der Waals surface area contributed by atoms with E-state index >= 15 is 0 Å². The van der Waals surface area contributed by atoms with Crippen LogP contribution in [0.4, 0.5) is 8.78 Å². The monoisotopic (exact) mass is 511 g/mol. The van der Waals surface area contributed by atoms with E-state index in [4.69, 9.17) is 4.98 Å². The van der Waals surface area contributed by atoms with E-state index in [0.29, 0.717) is 5.69 Å². The van der Waals surface area contributed by atoms with Crippen molar-refractivity contribution < 1.29 is 15.0 Å². The summed E-state index contributed by atoms with van der Waals surface area (Å²) >= 11 is 0. The molecule has 0 unspecified atom stereocenters. The highest BCUT2D eigenvalue weighted by atomic mass is 19.1. The van der Waals surface area contributed by atoms with Gasteiger partial charge in [0.15, 0.2) is 0 Å². The van der Waals surface area contributed by atoms with Crippen LogP contribution in [0.1, 0.15) is 91.3 Å². The number of amides is 1. The summed E-state index contributed by atoms with van der Waals surface area (Å²) in [6, 6.07) is 5.54. The largest absolute Gasteiger partial charge is 0.351 e. The Balaban J connectivity index is 0.00000121. The molecule has 0 spiro atoms. The van der Waals surface area contributed by atoms with Gasteiger partial charge in [-0.3, -0.25) is 14.8 Å². The van der Waals surface area contributed by atoms with Crippen LogP contribution in [0.5, 0.6) is 0 Å². The van der Waals surface area contributed by atoms with E-state index in [2.05, 4.69) is 55.1 Å². The Morgan fingerprint density at radius 1 is 1.14 bits per heavy atom. The van der Waals surface area contributed by atoms with Gasteiger partial charge in [-0.15, -0.1) is 5.10 Å². The predicted molar refractivity (Wildman–Crippen MR) is 143 cm³/mol. The fourth-order valence-corrected chi connectivity index (χ4v) is 4.94. The van der Waals surface area contributed by atoms with Gasteiger partial charge in [0.25, 0.3) is 0 Å². The van der Waals surface area contributed by atoms with E-state index in [1.165, 1.54) is 31.5 Å². The number of nitrogens with one attached hydrogen (secondary N) is 1. The normalized spacial score (nSPS) is 16.9. The minimum atomic E-state index is -0.664. The van der Waals surface area contributed by atoms with Gasteiger partial charge in [0, 0.05) is 14.5 Å². The van der Waals surface area contributed by atoms with Gasteiger partial charge in [-0.05, 0) is 54.9 Å². The average Bonchev–Trinajstić information content (AvgIpc) is 2.82. The number of hydrogen-bond donors (Lipinski definition) is 1. The standard InChI is InChI=1S/C26H29F2N5O.C3H8.H2/c1-16(34)30-13-18-12-29-14-22(31-18)26(15-25(2,3)4)10-6-7-17-11-21(32-33-24(17)26)23-19(27)8-5-9-20(23)28;1-3-2;/h5,8-9,11-12,14H,6-7,10,13,15H2,1-4H3,(H,30,34);3H2,1-2H3;1H/t26-;;/m0../s1. The summed E-state index contributed by atoms with van der Waals surface area (Å²) in [7, 11) is 0. The molecule has 8 heteroatoms. The van der Waals surface area contributed by atoms with Gasteiger partial charge >= 0.3 is 0 Å². The number of fused-ring (bicyclic) bond motifs is 1. The molecule has 0 saturated heterocycles. The smallest absolute Gasteiger partial charge is 0.217 e. The lowest BCUT2D eigenvalue weighted by atomic mass is 9.63. The Hall–Kier alpha value is -3.29. The fraction of sp³-hybridized carbons (Fsp3) is 0.483. The van der Waals surface area contributed by atoms with Crippen LogP contribution >= 0.6 is 0 Å². The molecule has 2 heterocycles. The number of carbonyl (C=O) groups is 1. The van der Waals surface area contributed by atoms with Crippen LogP contribution in [0, 0.1) is 17.0 Å². The molecule has 1 N–H and O–H groups in total. The van der Waals surface area contributed by atoms with Crippen molar-refractivity contribution in [1.29, 1.82) is 0 Å². The lowest BCUT2D eigenvalue weighted by Crippen LogP contribution is -2.39. The molecule has 1 aliphatic rings. The number of aryl methyl sites for hydroxylation is 1. The fourth-order valence-electron chi connectivity index (χ4n) is 4.94. The molecule has 0 aliphatic heterocycles. The van der Waals surface area contributed by atoms with Crippen LogP contribution in [0.25, 0.3) is 11.3 Å². The first kappa shape index (κ1) is 28.3. The van der Waals surface area contributed by atoms with Crippen molar-refractivity contribution in [2.24, 2.45) is 5.41 Å². The molecule has 4 rings (SSSR count). The summed E-state index contributed by atoms with van der Waals surface area (Å²) in [5, 5.41) is 11.6. The van der Waals surface area contributed by atoms with Crippen LogP contribution in [-0.2, 0) is 23.2 Å². The molecule has 2 aromatic heterocycles. The van der Waals surface area contributed by atoms with E-state index in [-0.39, 0.29) is 30.6 Å². The molecule has 37 heavy (non-hydrogen) atoms. The van der Waals surface area contributed by atoms with Crippen molar-refractivity contribution in [2.75, 3.05) is 0 Å². The van der Waals surface area contributed by atoms with Crippen molar-refractivity contribution in [3.05, 3.63) is 70.9 Å². The van der Waals surface area contributed by atoms with Crippen LogP contribution in [0.2, 0.25) is 0 Å². The lowest BCUT2D eigenvalue weighted by Gasteiger charge is -2.41. The van der Waals surface area contributed by atoms with Crippen LogP contribution in [0.15, 0.2) is 36.7 Å². The predicted octanol–water partition coefficient (Wildman–Crippen LogP) is 6.57. The molecule has 1 aliphatic carbocycles. The molecular formula is C29H39F2N5O. The minimum absolute atomic E-state index is 0. The molecular weight excluding hydrogens is 472 g/mol. The van der Waals surface area contributed by atoms with Crippen LogP contribution in [0.3, 0.4) is 0 Å². The Morgan fingerprint density at radius 2 is 1.81 bits per heavy atom. The van der Waals surface area contributed by atoms with Crippen molar-refractivity contribution in [1.82, 2.24) is 25.5 Å². The average molecular weight is 512 g/mol. The van der Waals surface area contributed by atoms with Gasteiger partial charge in [-0.25, -0.2) is 8.78 Å². The first-order chi connectivity index (χ1) is 17.5. The number of carbonyl (C=O) groups excluding carboxylic acids is 1. The number of aromatic nitrogens is 4. The maximum absolute atomic E-state index is 14.4. The SMILES string of the molecule is CC(=O)NCc1cncc([C@@]2(CC(C)(C)C)CCCc3cc(-c4c(F)cccc4F)nnc32)n1.CCC.[HH]. The number of halogens is 2. The van der Waals surface area contributed by atoms with Gasteiger partial charge in [0.2, 0.25) is 5.91 Å². The summed E-state index contributed by atoms with van der Waals surface area (Å²) < 4.78 is 28.9. The summed E-state index contributed by atoms with van der Waals surface area (Å²) in [5.74, 6) is -1.47. The highest BCUT2D eigenvalue weighted by Gasteiger charge is 2.44. The Kier molecular flexibility index (Phi) is 9.05. The van der Waals surface area contributed by atoms with E-state index in [1.54, 1.807) is 18.5 Å². The third-order valence-corrected chi connectivity index (χ3v) is 6.12. The van der Waals surface area contributed by atoms with Gasteiger partial charge < -0.3 is 5.32 Å². The molecule has 0 radical (unpaired) electrons. The van der Waals surface area contributed by atoms with E-state index in [1.807, 2.05) is 0 Å². The molecule has 3 aromatic rings. The Morgan fingerprint density at radius 3 is 2.43 bits per heavy atom. The molecule has 1 atom stereocenters. The van der Waals surface area contributed by atoms with Gasteiger partial charge in [-0.2, -0.15) is 5.10 Å². The maximum atomic E-state index is 14.4. The number of rotatable bonds is 5. The van der Waals surface area contributed by atoms with Gasteiger partial charge in [0.05, 0.1) is 46.5 Å². The molecule has 1 aromatic carbocycles. The zero-order chi connectivity index (χ0) is 27.2. The highest BCUT2D eigenvalue weighted by Crippen LogP contribution is 2.48. The summed E-state index contributed by atoms with van der Waals surface area (Å²) in [5.41, 5.74) is 2.52. The van der Waals surface area contributed by atoms with Crippen molar-refractivity contribution in [3.8, 4) is 11.3 Å². The molecule has 200 valence electrons. The topological polar surface area (TPSA) is 80.7 Å². The first-order valence-electron chi connectivity index (χ1n) is 12.9. The van der Waals surface area contributed by atoms with Crippen LogP contribution < -0.4 is 5.32 Å². The molecule has 1 amide bonds. The van der Waals surface area contributed by atoms with E-state index in [0.717, 1.165) is 42.6 Å². The zero-order valence-corrected chi connectivity index (χ0v) is 22.7. The molecule has 0 saturated carbocycles. The summed E-state index contributed by atoms with van der Waals surface area (Å²) in [6.45, 7) is 12.5. The summed E-state index contributed by atoms with van der Waals surface area (Å²) in [6.07, 6.45) is 7.79. The lowest BCUT2D eigenvalue weighted by molar-refractivity contribution is -0.119. The number of nitrogens with zero attached hydrogens (tertiary/aromatic N) is 4. The maximum Gasteiger partial charge on any atom is 0.217 e. The second-order valence-electron chi connectivity index (χ2n) is 10.9. The summed E-state index contributed by atoms with van der Waals surface area (Å²) in [4.78, 5) is 20.7. The van der Waals surface area contributed by atoms with Gasteiger partial charge in [0.1, 0.15) is 11.6 Å². The Labute approximate surface area is 219 Å². The molecule has 0 bridgehead atoms. The Bertz CT molecular complexity index is 1230. The highest BCUT2D eigenvalue weighted by molar-refractivity contribution is 5.72. The van der Waals surface area contributed by atoms with E-state index < -0.39 is 17.0 Å². The van der Waals surface area contributed by atoms with Crippen molar-refractivity contribution in [3.63, 3.8) is 0 Å². The van der Waals surface area contributed by atoms with Crippen molar-refractivity contribution >= 4 is 5.91 Å². The first-order valence-corrected chi connectivity index (χ1v) is 12.9. The third kappa shape index (κ3) is 6.73. The molecule has 6 nitrogen and oxygen atoms in total. The molecule has 0 fully saturated rings. The third-order valence-electron chi connectivity index (χ3n) is 6.12. The minimum Gasteiger partial charge on any atom is -0.351 e. The zero-order valence-electron chi connectivity index (χ0n) is 22.7. The van der Waals surface area contributed by atoms with Crippen molar-refractivity contribution in [2.45, 2.75) is 85.6 Å². The second kappa shape index (κ2) is 11.8. The second-order valence-corrected chi connectivity index (χ2v) is 10.9. The van der Waals surface area contributed by atoms with Crippen LogP contribution in [-0.4, -0.2) is 26.1 Å². The number of benzene rings is 1. The quantitative estimate of drug-likeness (QED) is 0.419. The van der Waals surface area contributed by atoms with Gasteiger partial charge in [-0.1, -0.05) is 47.1 Å².